The molecule has 0 aromatic carbocycles. The molecule has 0 radical (unpaired) electrons. The van der Waals surface area contributed by atoms with Crippen LogP contribution in [0.15, 0.2) is 12.2 Å². The summed E-state index contributed by atoms with van der Waals surface area (Å²) in [6.07, 6.45) is 2.83. The van der Waals surface area contributed by atoms with Crippen molar-refractivity contribution in [3.05, 3.63) is 12.2 Å². The highest BCUT2D eigenvalue weighted by atomic mass is 16.3. The first-order valence-corrected chi connectivity index (χ1v) is 4.12. The second kappa shape index (κ2) is 6.38. The Balaban J connectivity index is 3.54. The van der Waals surface area contributed by atoms with Gasteiger partial charge in [-0.05, 0) is 12.8 Å². The fourth-order valence-electron chi connectivity index (χ4n) is 1.05. The summed E-state index contributed by atoms with van der Waals surface area (Å²) in [5.74, 6) is -0.00551. The van der Waals surface area contributed by atoms with Crippen LogP contribution in [0.25, 0.3) is 0 Å². The molecule has 2 heteroatoms. The van der Waals surface area contributed by atoms with E-state index in [1.807, 2.05) is 0 Å². The molecule has 0 aliphatic rings. The Hall–Kier alpha value is -0.340. The molecular formula is C9H18O2. The molecule has 0 rings (SSSR count). The Morgan fingerprint density at radius 2 is 1.91 bits per heavy atom. The number of hydrogen-bond donors (Lipinski definition) is 2. The Kier molecular flexibility index (Phi) is 6.18. The van der Waals surface area contributed by atoms with Gasteiger partial charge in [-0.25, -0.2) is 0 Å². The van der Waals surface area contributed by atoms with Gasteiger partial charge in [0.1, 0.15) is 0 Å². The van der Waals surface area contributed by atoms with E-state index in [-0.39, 0.29) is 19.1 Å². The minimum atomic E-state index is -0.00551. The lowest BCUT2D eigenvalue weighted by Gasteiger charge is -2.11. The van der Waals surface area contributed by atoms with Gasteiger partial charge in [-0.2, -0.15) is 0 Å². The molecule has 0 heterocycles. The summed E-state index contributed by atoms with van der Waals surface area (Å²) in [5.41, 5.74) is 1.13. The monoisotopic (exact) mass is 158 g/mol. The highest BCUT2D eigenvalue weighted by Crippen LogP contribution is 2.13. The van der Waals surface area contributed by atoms with Gasteiger partial charge in [0.05, 0.1) is 0 Å². The molecule has 0 fully saturated rings. The summed E-state index contributed by atoms with van der Waals surface area (Å²) in [4.78, 5) is 0. The van der Waals surface area contributed by atoms with Crippen molar-refractivity contribution in [3.63, 3.8) is 0 Å². The van der Waals surface area contributed by atoms with Gasteiger partial charge < -0.3 is 10.2 Å². The Bertz CT molecular complexity index is 106. The fourth-order valence-corrected chi connectivity index (χ4v) is 1.05. The molecule has 2 nitrogen and oxygen atoms in total. The van der Waals surface area contributed by atoms with Gasteiger partial charge >= 0.3 is 0 Å². The molecule has 0 atom stereocenters. The van der Waals surface area contributed by atoms with Crippen molar-refractivity contribution in [1.82, 2.24) is 0 Å². The highest BCUT2D eigenvalue weighted by Gasteiger charge is 2.06. The van der Waals surface area contributed by atoms with Crippen molar-refractivity contribution in [2.75, 3.05) is 13.2 Å². The minimum Gasteiger partial charge on any atom is -0.396 e. The molecule has 0 amide bonds. The standard InChI is InChI=1S/C9H18O2/c1-3-4-8(2)5-9(6-10)7-11/h9-11H,2-7H2,1H3. The highest BCUT2D eigenvalue weighted by molar-refractivity contribution is 4.95. The second-order valence-electron chi connectivity index (χ2n) is 2.94. The molecule has 66 valence electrons. The van der Waals surface area contributed by atoms with Crippen molar-refractivity contribution in [2.24, 2.45) is 5.92 Å². The molecular weight excluding hydrogens is 140 g/mol. The van der Waals surface area contributed by atoms with Crippen LogP contribution in [0.2, 0.25) is 0 Å². The number of rotatable bonds is 6. The van der Waals surface area contributed by atoms with Crippen molar-refractivity contribution in [1.29, 1.82) is 0 Å². The van der Waals surface area contributed by atoms with E-state index in [0.717, 1.165) is 24.8 Å². The molecule has 11 heavy (non-hydrogen) atoms. The van der Waals surface area contributed by atoms with E-state index in [4.69, 9.17) is 10.2 Å². The Morgan fingerprint density at radius 1 is 1.36 bits per heavy atom. The largest absolute Gasteiger partial charge is 0.396 e. The summed E-state index contributed by atoms with van der Waals surface area (Å²) in [5, 5.41) is 17.5. The maximum Gasteiger partial charge on any atom is 0.0484 e. The zero-order valence-corrected chi connectivity index (χ0v) is 7.21. The van der Waals surface area contributed by atoms with Crippen LogP contribution in [0, 0.1) is 5.92 Å². The zero-order chi connectivity index (χ0) is 8.69. The van der Waals surface area contributed by atoms with Crippen LogP contribution >= 0.6 is 0 Å². The smallest absolute Gasteiger partial charge is 0.0484 e. The van der Waals surface area contributed by atoms with E-state index >= 15 is 0 Å². The molecule has 0 spiro atoms. The molecule has 0 bridgehead atoms. The number of aliphatic hydroxyl groups is 2. The third-order valence-electron chi connectivity index (χ3n) is 1.70. The molecule has 2 N–H and O–H groups in total. The Morgan fingerprint density at radius 3 is 2.27 bits per heavy atom. The first-order valence-electron chi connectivity index (χ1n) is 4.12. The maximum absolute atomic E-state index is 8.74. The summed E-state index contributed by atoms with van der Waals surface area (Å²) >= 11 is 0. The van der Waals surface area contributed by atoms with Gasteiger partial charge in [-0.1, -0.05) is 25.5 Å². The number of allylic oxidation sites excluding steroid dienone is 1. The normalized spacial score (nSPS) is 10.5. The van der Waals surface area contributed by atoms with Crippen LogP contribution in [0.5, 0.6) is 0 Å². The van der Waals surface area contributed by atoms with Crippen molar-refractivity contribution in [2.45, 2.75) is 26.2 Å². The van der Waals surface area contributed by atoms with Crippen LogP contribution in [0.3, 0.4) is 0 Å². The summed E-state index contributed by atoms with van der Waals surface area (Å²) in [6, 6.07) is 0. The summed E-state index contributed by atoms with van der Waals surface area (Å²) in [6.45, 7) is 6.06. The molecule has 0 saturated carbocycles. The van der Waals surface area contributed by atoms with E-state index in [1.165, 1.54) is 0 Å². The lowest BCUT2D eigenvalue weighted by Crippen LogP contribution is -2.11. The maximum atomic E-state index is 8.74. The molecule has 0 aromatic heterocycles. The van der Waals surface area contributed by atoms with Gasteiger partial charge in [0.15, 0.2) is 0 Å². The zero-order valence-electron chi connectivity index (χ0n) is 7.21. The van der Waals surface area contributed by atoms with Gasteiger partial charge in [0, 0.05) is 19.1 Å². The van der Waals surface area contributed by atoms with Gasteiger partial charge in [0.25, 0.3) is 0 Å². The molecule has 0 saturated heterocycles. The molecule has 0 aromatic rings. The van der Waals surface area contributed by atoms with Gasteiger partial charge in [0.2, 0.25) is 0 Å². The van der Waals surface area contributed by atoms with E-state index < -0.39 is 0 Å². The SMILES string of the molecule is C=C(CCC)CC(CO)CO. The quantitative estimate of drug-likeness (QED) is 0.572. The number of aliphatic hydroxyl groups excluding tert-OH is 2. The topological polar surface area (TPSA) is 40.5 Å². The average Bonchev–Trinajstić information content (AvgIpc) is 2.01. The van der Waals surface area contributed by atoms with Crippen LogP contribution in [-0.4, -0.2) is 23.4 Å². The van der Waals surface area contributed by atoms with E-state index in [9.17, 15) is 0 Å². The predicted octanol–water partition coefficient (Wildman–Crippen LogP) is 1.33. The van der Waals surface area contributed by atoms with Crippen LogP contribution < -0.4 is 0 Å². The second-order valence-corrected chi connectivity index (χ2v) is 2.94. The lowest BCUT2D eigenvalue weighted by molar-refractivity contribution is 0.149. The van der Waals surface area contributed by atoms with E-state index in [2.05, 4.69) is 13.5 Å². The molecule has 0 aliphatic heterocycles. The molecule has 0 unspecified atom stereocenters. The van der Waals surface area contributed by atoms with Crippen molar-refractivity contribution in [3.8, 4) is 0 Å². The number of hydrogen-bond acceptors (Lipinski definition) is 2. The van der Waals surface area contributed by atoms with Gasteiger partial charge in [-0.3, -0.25) is 0 Å². The predicted molar refractivity (Wildman–Crippen MR) is 46.3 cm³/mol. The van der Waals surface area contributed by atoms with E-state index in [1.54, 1.807) is 0 Å². The summed E-state index contributed by atoms with van der Waals surface area (Å²) in [7, 11) is 0. The molecule has 0 aliphatic carbocycles. The van der Waals surface area contributed by atoms with Crippen molar-refractivity contribution < 1.29 is 10.2 Å². The fraction of sp³-hybridized carbons (Fsp3) is 0.778. The van der Waals surface area contributed by atoms with Gasteiger partial charge in [-0.15, -0.1) is 0 Å². The lowest BCUT2D eigenvalue weighted by atomic mass is 9.99. The van der Waals surface area contributed by atoms with Crippen LogP contribution in [-0.2, 0) is 0 Å². The van der Waals surface area contributed by atoms with E-state index in [0.29, 0.717) is 0 Å². The Labute approximate surface area is 68.6 Å². The van der Waals surface area contributed by atoms with Crippen LogP contribution in [0.1, 0.15) is 26.2 Å². The van der Waals surface area contributed by atoms with Crippen LogP contribution in [0.4, 0.5) is 0 Å². The minimum absolute atomic E-state index is 0.00551. The third kappa shape index (κ3) is 4.99. The average molecular weight is 158 g/mol. The summed E-state index contributed by atoms with van der Waals surface area (Å²) < 4.78 is 0. The first-order chi connectivity index (χ1) is 5.24. The third-order valence-corrected chi connectivity index (χ3v) is 1.70. The first kappa shape index (κ1) is 10.7. The van der Waals surface area contributed by atoms with Crippen molar-refractivity contribution >= 4 is 0 Å².